The first-order valence-corrected chi connectivity index (χ1v) is 22.5. The van der Waals surface area contributed by atoms with Gasteiger partial charge in [-0.05, 0) is 99.2 Å². The highest BCUT2D eigenvalue weighted by Gasteiger charge is 2.62. The summed E-state index contributed by atoms with van der Waals surface area (Å²) in [6.07, 6.45) is -0.565. The van der Waals surface area contributed by atoms with Gasteiger partial charge in [0.2, 0.25) is 23.3 Å². The molecule has 14 nitrogen and oxygen atoms in total. The molecule has 8 atom stereocenters. The van der Waals surface area contributed by atoms with Crippen molar-refractivity contribution < 1.29 is 60.2 Å². The Morgan fingerprint density at radius 1 is 1.02 bits per heavy atom. The molecule has 2 saturated carbocycles. The number of rotatable bonds is 10. The van der Waals surface area contributed by atoms with Gasteiger partial charge in [0.15, 0.2) is 11.6 Å². The second-order valence-electron chi connectivity index (χ2n) is 17.8. The van der Waals surface area contributed by atoms with E-state index in [0.717, 1.165) is 0 Å². The number of hydrogen-bond donors (Lipinski definition) is 3. The van der Waals surface area contributed by atoms with Gasteiger partial charge < -0.3 is 39.0 Å². The highest BCUT2D eigenvalue weighted by molar-refractivity contribution is 7.90. The maximum Gasteiger partial charge on any atom is 0.427 e. The summed E-state index contributed by atoms with van der Waals surface area (Å²) >= 11 is -1.66. The summed E-state index contributed by atoms with van der Waals surface area (Å²) in [6.45, 7) is 4.77. The molecule has 4 amide bonds. The number of aromatic nitrogens is 1. The maximum absolute atomic E-state index is 15.0. The number of nitrogens with zero attached hydrogens (tertiary/aromatic N) is 2. The van der Waals surface area contributed by atoms with Crippen molar-refractivity contribution in [3.63, 3.8) is 0 Å². The van der Waals surface area contributed by atoms with Crippen LogP contribution in [-0.4, -0.2) is 99.8 Å². The molecule has 4 aliphatic rings. The first-order chi connectivity index (χ1) is 30.2. The summed E-state index contributed by atoms with van der Waals surface area (Å²) in [7, 11) is 2.85. The van der Waals surface area contributed by atoms with E-state index in [0.29, 0.717) is 73.7 Å². The number of nitrogens with one attached hydrogen (secondary N) is 3. The molecule has 0 spiro atoms. The molecule has 3 aromatic rings. The number of alkyl carbamates (subject to hydrolysis) is 1. The Morgan fingerprint density at radius 3 is 2.44 bits per heavy atom. The molecule has 3 heterocycles. The Bertz CT molecular complexity index is 2310. The minimum atomic E-state index is -4.93. The third-order valence-corrected chi connectivity index (χ3v) is 13.9. The van der Waals surface area contributed by atoms with Crippen LogP contribution in [0.3, 0.4) is 0 Å². The van der Waals surface area contributed by atoms with Gasteiger partial charge in [-0.2, -0.15) is 17.9 Å². The third-order valence-electron chi connectivity index (χ3n) is 12.5. The van der Waals surface area contributed by atoms with Gasteiger partial charge in [0.1, 0.15) is 34.7 Å². The molecular weight excluding hydrogens is 863 g/mol. The monoisotopic (exact) mass is 915 g/mol. The van der Waals surface area contributed by atoms with Gasteiger partial charge in [0.05, 0.1) is 37.8 Å². The largest absolute Gasteiger partial charge is 0.593 e. The molecule has 2 unspecified atom stereocenters. The molecule has 2 aliphatic heterocycles. The average molecular weight is 916 g/mol. The molecule has 7 rings (SSSR count). The van der Waals surface area contributed by atoms with Gasteiger partial charge in [0, 0.05) is 36.1 Å². The van der Waals surface area contributed by atoms with E-state index in [-0.39, 0.29) is 42.2 Å². The normalized spacial score (nSPS) is 27.5. The second kappa shape index (κ2) is 18.3. The zero-order chi connectivity index (χ0) is 46.3. The molecule has 3 fully saturated rings. The standard InChI is InChI=1S/C45H53F4N5O9S/c1-24-9-7-8-10-28-22-44(28,41(57)53-64(59)31-13-14-31)52-38(55)35-21-30(23-54(35)40(56)37(25(2)17-24)51-42(58)63-43(3,4)45(47,48)49)62-39-32-15-12-29(60-5)18-27(32)20-34(50-39)26-11-16-36(61-6)33(46)19-26/h8,10-12,15-16,18-20,24-25,28,30-31,35,37H,7,9,13-14,17,21-23H2,1-6H3,(H,51,58)(H,52,55)(H,53,57)/b10-8-/t24-,25-,28?,30-,35+,37+,44-,64?/m1/s1. The van der Waals surface area contributed by atoms with Crippen LogP contribution in [0.1, 0.15) is 72.6 Å². The van der Waals surface area contributed by atoms with Crippen molar-refractivity contribution in [1.82, 2.24) is 25.2 Å². The van der Waals surface area contributed by atoms with Crippen LogP contribution < -0.4 is 29.6 Å². The Labute approximate surface area is 371 Å². The van der Waals surface area contributed by atoms with Gasteiger partial charge in [-0.15, -0.1) is 0 Å². The molecule has 1 saturated heterocycles. The van der Waals surface area contributed by atoms with Crippen molar-refractivity contribution in [2.24, 2.45) is 17.8 Å². The molecular formula is C45H53F4N5O9S. The first-order valence-electron chi connectivity index (χ1n) is 21.3. The number of alkyl halides is 3. The van der Waals surface area contributed by atoms with E-state index in [4.69, 9.17) is 23.9 Å². The fraction of sp³-hybridized carbons (Fsp3) is 0.533. The molecule has 2 aromatic carbocycles. The number of amides is 4. The Balaban J connectivity index is 1.26. The molecule has 2 aliphatic carbocycles. The lowest BCUT2D eigenvalue weighted by molar-refractivity contribution is -0.244. The van der Waals surface area contributed by atoms with Gasteiger partial charge in [-0.3, -0.25) is 14.4 Å². The molecule has 19 heteroatoms. The highest BCUT2D eigenvalue weighted by Crippen LogP contribution is 2.46. The topological polar surface area (TPSA) is 180 Å². The van der Waals surface area contributed by atoms with Crippen molar-refractivity contribution >= 4 is 45.9 Å². The van der Waals surface area contributed by atoms with E-state index in [1.165, 1.54) is 31.3 Å². The lowest BCUT2D eigenvalue weighted by atomic mass is 9.88. The quantitative estimate of drug-likeness (QED) is 0.113. The van der Waals surface area contributed by atoms with Crippen molar-refractivity contribution in [3.05, 3.63) is 60.4 Å². The number of ether oxygens (including phenoxy) is 4. The van der Waals surface area contributed by atoms with Crippen molar-refractivity contribution in [2.45, 2.75) is 113 Å². The zero-order valence-electron chi connectivity index (χ0n) is 36.4. The first kappa shape index (κ1) is 46.7. The van der Waals surface area contributed by atoms with E-state index in [1.807, 2.05) is 19.1 Å². The number of benzene rings is 2. The van der Waals surface area contributed by atoms with Crippen LogP contribution in [-0.2, 0) is 30.5 Å². The van der Waals surface area contributed by atoms with Crippen molar-refractivity contribution in [2.75, 3.05) is 20.8 Å². The van der Waals surface area contributed by atoms with Crippen LogP contribution in [0, 0.1) is 23.6 Å². The third kappa shape index (κ3) is 9.99. The smallest absolute Gasteiger partial charge is 0.427 e. The van der Waals surface area contributed by atoms with E-state index in [9.17, 15) is 41.3 Å². The summed E-state index contributed by atoms with van der Waals surface area (Å²) in [5.41, 5.74) is -3.68. The summed E-state index contributed by atoms with van der Waals surface area (Å²) in [5.74, 6) is -3.29. The van der Waals surface area contributed by atoms with Crippen LogP contribution in [0.5, 0.6) is 17.4 Å². The zero-order valence-corrected chi connectivity index (χ0v) is 37.2. The Morgan fingerprint density at radius 2 is 1.77 bits per heavy atom. The number of halogens is 4. The number of pyridine rings is 1. The number of hydrogen-bond acceptors (Lipinski definition) is 10. The van der Waals surface area contributed by atoms with Crippen LogP contribution in [0.4, 0.5) is 22.4 Å². The molecule has 0 bridgehead atoms. The van der Waals surface area contributed by atoms with E-state index in [1.54, 1.807) is 37.3 Å². The lowest BCUT2D eigenvalue weighted by Gasteiger charge is -2.34. The molecule has 1 aromatic heterocycles. The fourth-order valence-corrected chi connectivity index (χ4v) is 9.46. The second-order valence-corrected chi connectivity index (χ2v) is 19.2. The summed E-state index contributed by atoms with van der Waals surface area (Å²) in [5, 5.41) is 6.24. The van der Waals surface area contributed by atoms with E-state index in [2.05, 4.69) is 15.4 Å². The van der Waals surface area contributed by atoms with Gasteiger partial charge in [0.25, 0.3) is 5.91 Å². The SMILES string of the molecule is COc1ccc2c(O[C@@H]3C[C@H]4C(=O)N[C@]5(C(=O)N[S+]([O-])C6CC6)CC5/C=C\CC[C@@H](C)C[C@@H](C)[C@H](NC(=O)OC(C)(C)C(F)(F)F)C(=O)N4C3)nc(-c3ccc(OC)c(F)c3)cc2c1. The fourth-order valence-electron chi connectivity index (χ4n) is 8.36. The summed E-state index contributed by atoms with van der Waals surface area (Å²) < 4.78 is 94.0. The van der Waals surface area contributed by atoms with Crippen molar-refractivity contribution in [1.29, 1.82) is 0 Å². The van der Waals surface area contributed by atoms with Gasteiger partial charge >= 0.3 is 12.3 Å². The molecule has 3 N–H and O–H groups in total. The number of carbonyl (C=O) groups is 4. The Kier molecular flexibility index (Phi) is 13.3. The number of fused-ring (bicyclic) bond motifs is 3. The van der Waals surface area contributed by atoms with Crippen LogP contribution in [0.15, 0.2) is 54.6 Å². The predicted octanol–water partition coefficient (Wildman–Crippen LogP) is 6.67. The van der Waals surface area contributed by atoms with E-state index >= 15 is 0 Å². The van der Waals surface area contributed by atoms with Gasteiger partial charge in [-0.25, -0.2) is 14.2 Å². The van der Waals surface area contributed by atoms with Crippen LogP contribution >= 0.6 is 0 Å². The van der Waals surface area contributed by atoms with Crippen molar-refractivity contribution in [3.8, 4) is 28.6 Å². The Hall–Kier alpha value is -5.30. The number of methoxy groups -OCH3 is 2. The molecule has 0 radical (unpaired) electrons. The minimum absolute atomic E-state index is 0.0257. The van der Waals surface area contributed by atoms with Crippen LogP contribution in [0.25, 0.3) is 22.0 Å². The minimum Gasteiger partial charge on any atom is -0.593 e. The lowest BCUT2D eigenvalue weighted by Crippen LogP contribution is -2.59. The summed E-state index contributed by atoms with van der Waals surface area (Å²) in [4.78, 5) is 62.8. The van der Waals surface area contributed by atoms with Crippen LogP contribution in [0.2, 0.25) is 0 Å². The summed E-state index contributed by atoms with van der Waals surface area (Å²) in [6, 6.07) is 8.42. The molecule has 346 valence electrons. The maximum atomic E-state index is 15.0. The molecule has 64 heavy (non-hydrogen) atoms. The highest BCUT2D eigenvalue weighted by atomic mass is 32.2. The van der Waals surface area contributed by atoms with E-state index < -0.39 is 88.3 Å². The average Bonchev–Trinajstić information content (AvgIpc) is 4.16. The predicted molar refractivity (Wildman–Crippen MR) is 228 cm³/mol. The number of allylic oxidation sites excluding steroid dienone is 1. The number of carbonyl (C=O) groups excluding carboxylic acids is 4. The van der Waals surface area contributed by atoms with Gasteiger partial charge in [-0.1, -0.05) is 26.0 Å².